The quantitative estimate of drug-likeness (QED) is 0.795. The Hall–Kier alpha value is -0.530. The molecular formula is C17H31NO. The highest BCUT2D eigenvalue weighted by Crippen LogP contribution is 2.36. The molecular weight excluding hydrogens is 234 g/mol. The van der Waals surface area contributed by atoms with E-state index in [1.165, 1.54) is 38.5 Å². The van der Waals surface area contributed by atoms with Gasteiger partial charge in [0, 0.05) is 12.0 Å². The van der Waals surface area contributed by atoms with Gasteiger partial charge in [-0.2, -0.15) is 0 Å². The zero-order chi connectivity index (χ0) is 13.8. The predicted molar refractivity (Wildman–Crippen MR) is 79.8 cm³/mol. The van der Waals surface area contributed by atoms with E-state index >= 15 is 0 Å². The van der Waals surface area contributed by atoms with E-state index in [0.29, 0.717) is 17.9 Å². The van der Waals surface area contributed by atoms with Gasteiger partial charge in [0.15, 0.2) is 0 Å². The Bertz CT molecular complexity index is 288. The van der Waals surface area contributed by atoms with Crippen LogP contribution >= 0.6 is 0 Å². The van der Waals surface area contributed by atoms with Gasteiger partial charge < -0.3 is 5.32 Å². The lowest BCUT2D eigenvalue weighted by atomic mass is 9.72. The van der Waals surface area contributed by atoms with E-state index in [9.17, 15) is 4.79 Å². The van der Waals surface area contributed by atoms with Crippen molar-refractivity contribution in [2.45, 2.75) is 78.2 Å². The van der Waals surface area contributed by atoms with Gasteiger partial charge in [-0.25, -0.2) is 0 Å². The number of nitrogens with one attached hydrogen (secondary N) is 1. The number of hydrogen-bond acceptors (Lipinski definition) is 1. The van der Waals surface area contributed by atoms with Gasteiger partial charge in [0.05, 0.1) is 0 Å². The molecule has 19 heavy (non-hydrogen) atoms. The molecule has 1 N–H and O–H groups in total. The van der Waals surface area contributed by atoms with Crippen LogP contribution in [0.2, 0.25) is 0 Å². The van der Waals surface area contributed by atoms with Crippen LogP contribution < -0.4 is 5.32 Å². The van der Waals surface area contributed by atoms with Crippen LogP contribution in [0.15, 0.2) is 0 Å². The Morgan fingerprint density at radius 3 is 2.16 bits per heavy atom. The van der Waals surface area contributed by atoms with Gasteiger partial charge in [-0.15, -0.1) is 0 Å². The lowest BCUT2D eigenvalue weighted by Gasteiger charge is -2.36. The van der Waals surface area contributed by atoms with Gasteiger partial charge in [0.1, 0.15) is 0 Å². The van der Waals surface area contributed by atoms with Gasteiger partial charge in [-0.3, -0.25) is 4.79 Å². The fourth-order valence-electron chi connectivity index (χ4n) is 4.03. The summed E-state index contributed by atoms with van der Waals surface area (Å²) < 4.78 is 0. The molecule has 0 bridgehead atoms. The van der Waals surface area contributed by atoms with E-state index in [1.54, 1.807) is 0 Å². The average Bonchev–Trinajstić information content (AvgIpc) is 2.29. The first-order chi connectivity index (χ1) is 9.11. The molecule has 0 spiro atoms. The van der Waals surface area contributed by atoms with Crippen molar-refractivity contribution >= 4 is 5.91 Å². The topological polar surface area (TPSA) is 29.1 Å². The van der Waals surface area contributed by atoms with Crippen molar-refractivity contribution in [3.05, 3.63) is 0 Å². The van der Waals surface area contributed by atoms with Crippen molar-refractivity contribution in [3.63, 3.8) is 0 Å². The first kappa shape index (κ1) is 14.9. The normalized spacial score (nSPS) is 29.9. The molecule has 0 aromatic carbocycles. The van der Waals surface area contributed by atoms with E-state index in [1.807, 2.05) is 0 Å². The van der Waals surface area contributed by atoms with Gasteiger partial charge in [0.2, 0.25) is 5.91 Å². The lowest BCUT2D eigenvalue weighted by molar-refractivity contribution is -0.128. The molecule has 0 radical (unpaired) electrons. The van der Waals surface area contributed by atoms with Crippen LogP contribution in [0.3, 0.4) is 0 Å². The second kappa shape index (κ2) is 6.76. The summed E-state index contributed by atoms with van der Waals surface area (Å²) in [5.74, 6) is 3.25. The first-order valence-corrected chi connectivity index (χ1v) is 8.42. The van der Waals surface area contributed by atoms with Crippen LogP contribution in [0.5, 0.6) is 0 Å². The zero-order valence-corrected chi connectivity index (χ0v) is 13.0. The fourth-order valence-corrected chi connectivity index (χ4v) is 4.03. The molecule has 2 aliphatic carbocycles. The molecule has 0 aromatic heterocycles. The SMILES string of the molecule is CCC(C(C)C)C1CCC(NC(=O)C2CCC2)CC1. The molecule has 2 fully saturated rings. The Kier molecular flexibility index (Phi) is 5.29. The first-order valence-electron chi connectivity index (χ1n) is 8.42. The summed E-state index contributed by atoms with van der Waals surface area (Å²) >= 11 is 0. The van der Waals surface area contributed by atoms with E-state index in [-0.39, 0.29) is 0 Å². The highest BCUT2D eigenvalue weighted by Gasteiger charge is 2.31. The number of rotatable bonds is 5. The van der Waals surface area contributed by atoms with Crippen molar-refractivity contribution in [1.29, 1.82) is 0 Å². The second-order valence-electron chi connectivity index (χ2n) is 7.06. The van der Waals surface area contributed by atoms with Crippen molar-refractivity contribution in [1.82, 2.24) is 5.32 Å². The number of amides is 1. The third kappa shape index (κ3) is 3.73. The minimum absolute atomic E-state index is 0.339. The summed E-state index contributed by atoms with van der Waals surface area (Å²) in [5.41, 5.74) is 0. The van der Waals surface area contributed by atoms with Gasteiger partial charge >= 0.3 is 0 Å². The molecule has 0 heterocycles. The maximum absolute atomic E-state index is 12.0. The molecule has 2 heteroatoms. The minimum atomic E-state index is 0.339. The van der Waals surface area contributed by atoms with Gasteiger partial charge in [-0.05, 0) is 56.3 Å². The Morgan fingerprint density at radius 2 is 1.74 bits per heavy atom. The third-order valence-electron chi connectivity index (χ3n) is 5.53. The van der Waals surface area contributed by atoms with Crippen molar-refractivity contribution in [2.24, 2.45) is 23.7 Å². The monoisotopic (exact) mass is 265 g/mol. The highest BCUT2D eigenvalue weighted by molar-refractivity contribution is 5.79. The summed E-state index contributed by atoms with van der Waals surface area (Å²) in [5, 5.41) is 3.29. The lowest BCUT2D eigenvalue weighted by Crippen LogP contribution is -2.43. The van der Waals surface area contributed by atoms with Crippen molar-refractivity contribution in [2.75, 3.05) is 0 Å². The Labute approximate surface area is 118 Å². The molecule has 2 rings (SSSR count). The zero-order valence-electron chi connectivity index (χ0n) is 13.0. The third-order valence-corrected chi connectivity index (χ3v) is 5.53. The van der Waals surface area contributed by atoms with Crippen LogP contribution in [0, 0.1) is 23.7 Å². The van der Waals surface area contributed by atoms with E-state index < -0.39 is 0 Å². The van der Waals surface area contributed by atoms with Crippen LogP contribution in [-0.2, 0) is 4.79 Å². The second-order valence-corrected chi connectivity index (χ2v) is 7.06. The van der Waals surface area contributed by atoms with E-state index in [0.717, 1.165) is 30.6 Å². The molecule has 0 saturated heterocycles. The number of carbonyl (C=O) groups is 1. The average molecular weight is 265 g/mol. The van der Waals surface area contributed by atoms with Crippen LogP contribution in [0.1, 0.15) is 72.1 Å². The summed E-state index contributed by atoms with van der Waals surface area (Å²) in [4.78, 5) is 12.0. The highest BCUT2D eigenvalue weighted by atomic mass is 16.2. The smallest absolute Gasteiger partial charge is 0.223 e. The molecule has 1 unspecified atom stereocenters. The van der Waals surface area contributed by atoms with Gasteiger partial charge in [0.25, 0.3) is 0 Å². The standard InChI is InChI=1S/C17H31NO/c1-4-16(12(2)3)13-8-10-15(11-9-13)18-17(19)14-6-5-7-14/h12-16H,4-11H2,1-3H3,(H,18,19). The molecule has 0 aliphatic heterocycles. The predicted octanol–water partition coefficient (Wildman–Crippen LogP) is 4.14. The molecule has 2 aliphatic rings. The summed E-state index contributed by atoms with van der Waals surface area (Å²) in [6.45, 7) is 7.05. The molecule has 1 amide bonds. The molecule has 0 aromatic rings. The number of carbonyl (C=O) groups excluding carboxylic acids is 1. The Morgan fingerprint density at radius 1 is 1.11 bits per heavy atom. The van der Waals surface area contributed by atoms with Crippen molar-refractivity contribution in [3.8, 4) is 0 Å². The molecule has 110 valence electrons. The molecule has 1 atom stereocenters. The largest absolute Gasteiger partial charge is 0.353 e. The van der Waals surface area contributed by atoms with Crippen molar-refractivity contribution < 1.29 is 4.79 Å². The maximum Gasteiger partial charge on any atom is 0.223 e. The molecule has 2 nitrogen and oxygen atoms in total. The summed E-state index contributed by atoms with van der Waals surface area (Å²) in [7, 11) is 0. The van der Waals surface area contributed by atoms with E-state index in [2.05, 4.69) is 26.1 Å². The summed E-state index contributed by atoms with van der Waals surface area (Å²) in [6, 6.07) is 0.467. The Balaban J connectivity index is 1.73. The summed E-state index contributed by atoms with van der Waals surface area (Å²) in [6.07, 6.45) is 9.81. The van der Waals surface area contributed by atoms with E-state index in [4.69, 9.17) is 0 Å². The maximum atomic E-state index is 12.0. The van der Waals surface area contributed by atoms with Crippen LogP contribution in [0.25, 0.3) is 0 Å². The van der Waals surface area contributed by atoms with Crippen LogP contribution in [0.4, 0.5) is 0 Å². The van der Waals surface area contributed by atoms with Crippen LogP contribution in [-0.4, -0.2) is 11.9 Å². The minimum Gasteiger partial charge on any atom is -0.353 e. The number of hydrogen-bond donors (Lipinski definition) is 1. The molecule has 2 saturated carbocycles. The van der Waals surface area contributed by atoms with Gasteiger partial charge in [-0.1, -0.05) is 33.6 Å². The fraction of sp³-hybridized carbons (Fsp3) is 0.941.